The van der Waals surface area contributed by atoms with E-state index in [1.54, 1.807) is 11.3 Å². The summed E-state index contributed by atoms with van der Waals surface area (Å²) < 4.78 is 5.74. The summed E-state index contributed by atoms with van der Waals surface area (Å²) in [5.74, 6) is -0.232. The van der Waals surface area contributed by atoms with Gasteiger partial charge in [0.1, 0.15) is 6.04 Å². The molecule has 0 aliphatic heterocycles. The van der Waals surface area contributed by atoms with E-state index in [9.17, 15) is 4.79 Å². The maximum atomic E-state index is 11.5. The van der Waals surface area contributed by atoms with Gasteiger partial charge in [-0.05, 0) is 36.1 Å². The zero-order valence-corrected chi connectivity index (χ0v) is 10.7. The molecule has 1 rings (SSSR count). The first kappa shape index (κ1) is 11.7. The smallest absolute Gasteiger partial charge is 0.328 e. The molecule has 1 aromatic heterocycles. The molecule has 1 heterocycles. The molecule has 0 saturated heterocycles. The molecule has 1 atom stereocenters. The number of hydrogen-bond acceptors (Lipinski definition) is 4. The summed E-state index contributed by atoms with van der Waals surface area (Å²) in [4.78, 5) is 14.3. The van der Waals surface area contributed by atoms with E-state index >= 15 is 0 Å². The predicted octanol–water partition coefficient (Wildman–Crippen LogP) is 2.29. The Morgan fingerprint density at radius 2 is 2.29 bits per heavy atom. The van der Waals surface area contributed by atoms with E-state index < -0.39 is 0 Å². The largest absolute Gasteiger partial charge is 0.468 e. The van der Waals surface area contributed by atoms with Crippen LogP contribution in [0.5, 0.6) is 0 Å². The standard InChI is InChI=1S/C9H12BrNO2S/c1-11(2)8(9(12)13-3)7-4-6(10)5-14-7/h4-5,8H,1-3H3. The number of halogens is 1. The molecule has 0 spiro atoms. The van der Waals surface area contributed by atoms with Crippen molar-refractivity contribution < 1.29 is 9.53 Å². The second kappa shape index (κ2) is 4.91. The van der Waals surface area contributed by atoms with E-state index in [1.165, 1.54) is 7.11 Å². The molecule has 14 heavy (non-hydrogen) atoms. The van der Waals surface area contributed by atoms with E-state index in [1.807, 2.05) is 30.4 Å². The lowest BCUT2D eigenvalue weighted by Gasteiger charge is -2.20. The molecular formula is C9H12BrNO2S. The topological polar surface area (TPSA) is 29.5 Å². The monoisotopic (exact) mass is 277 g/mol. The molecule has 5 heteroatoms. The van der Waals surface area contributed by atoms with Crippen molar-refractivity contribution in [2.24, 2.45) is 0 Å². The summed E-state index contributed by atoms with van der Waals surface area (Å²) in [6.07, 6.45) is 0. The number of rotatable bonds is 3. The molecule has 0 saturated carbocycles. The van der Waals surface area contributed by atoms with Crippen LogP contribution in [0, 0.1) is 0 Å². The van der Waals surface area contributed by atoms with Crippen LogP contribution in [-0.4, -0.2) is 32.1 Å². The second-order valence-corrected chi connectivity index (χ2v) is 4.92. The molecule has 0 amide bonds. The SMILES string of the molecule is COC(=O)C(c1cc(Br)cs1)N(C)C. The third-order valence-corrected chi connectivity index (χ3v) is 3.54. The van der Waals surface area contributed by atoms with Crippen LogP contribution < -0.4 is 0 Å². The van der Waals surface area contributed by atoms with Crippen molar-refractivity contribution in [3.05, 3.63) is 20.8 Å². The molecule has 0 N–H and O–H groups in total. The minimum Gasteiger partial charge on any atom is -0.468 e. The fourth-order valence-electron chi connectivity index (χ4n) is 1.16. The van der Waals surface area contributed by atoms with Crippen LogP contribution in [0.1, 0.15) is 10.9 Å². The minimum absolute atomic E-state index is 0.232. The predicted molar refractivity (Wildman–Crippen MR) is 60.5 cm³/mol. The third-order valence-electron chi connectivity index (χ3n) is 1.80. The Labute approximate surface area is 95.8 Å². The van der Waals surface area contributed by atoms with Gasteiger partial charge >= 0.3 is 5.97 Å². The zero-order valence-electron chi connectivity index (χ0n) is 8.28. The molecule has 0 aliphatic carbocycles. The number of nitrogens with zero attached hydrogens (tertiary/aromatic N) is 1. The van der Waals surface area contributed by atoms with Gasteiger partial charge < -0.3 is 4.74 Å². The van der Waals surface area contributed by atoms with E-state index in [2.05, 4.69) is 15.9 Å². The molecule has 0 fully saturated rings. The molecule has 0 bridgehead atoms. The highest BCUT2D eigenvalue weighted by Crippen LogP contribution is 2.28. The number of thiophene rings is 1. The number of esters is 1. The summed E-state index contributed by atoms with van der Waals surface area (Å²) in [6.45, 7) is 0. The lowest BCUT2D eigenvalue weighted by atomic mass is 10.2. The van der Waals surface area contributed by atoms with Crippen molar-refractivity contribution in [2.45, 2.75) is 6.04 Å². The van der Waals surface area contributed by atoms with E-state index in [0.717, 1.165) is 9.35 Å². The molecular weight excluding hydrogens is 266 g/mol. The van der Waals surface area contributed by atoms with Crippen molar-refractivity contribution in [3.8, 4) is 0 Å². The summed E-state index contributed by atoms with van der Waals surface area (Å²) in [6, 6.07) is 1.63. The fourth-order valence-corrected chi connectivity index (χ4v) is 2.79. The van der Waals surface area contributed by atoms with Gasteiger partial charge in [0.25, 0.3) is 0 Å². The van der Waals surface area contributed by atoms with Gasteiger partial charge in [0, 0.05) is 14.7 Å². The number of carbonyl (C=O) groups excluding carboxylic acids is 1. The lowest BCUT2D eigenvalue weighted by Crippen LogP contribution is -2.27. The van der Waals surface area contributed by atoms with Gasteiger partial charge in [-0.1, -0.05) is 0 Å². The number of methoxy groups -OCH3 is 1. The van der Waals surface area contributed by atoms with Crippen molar-refractivity contribution in [2.75, 3.05) is 21.2 Å². The van der Waals surface area contributed by atoms with Crippen LogP contribution >= 0.6 is 27.3 Å². The Kier molecular flexibility index (Phi) is 4.10. The highest BCUT2D eigenvalue weighted by molar-refractivity contribution is 9.10. The number of likely N-dealkylation sites (N-methyl/N-ethyl adjacent to an activating group) is 1. The Bertz CT molecular complexity index is 324. The summed E-state index contributed by atoms with van der Waals surface area (Å²) >= 11 is 4.90. The first-order valence-electron chi connectivity index (χ1n) is 4.04. The quantitative estimate of drug-likeness (QED) is 0.794. The van der Waals surface area contributed by atoms with Crippen LogP contribution in [-0.2, 0) is 9.53 Å². The number of ether oxygens (including phenoxy) is 1. The fraction of sp³-hybridized carbons (Fsp3) is 0.444. The summed E-state index contributed by atoms with van der Waals surface area (Å²) in [7, 11) is 5.12. The maximum Gasteiger partial charge on any atom is 0.328 e. The minimum atomic E-state index is -0.309. The van der Waals surface area contributed by atoms with Gasteiger partial charge in [-0.2, -0.15) is 0 Å². The van der Waals surface area contributed by atoms with Crippen LogP contribution in [0.3, 0.4) is 0 Å². The van der Waals surface area contributed by atoms with E-state index in [-0.39, 0.29) is 12.0 Å². The highest BCUT2D eigenvalue weighted by atomic mass is 79.9. The van der Waals surface area contributed by atoms with Crippen molar-refractivity contribution >= 4 is 33.2 Å². The zero-order chi connectivity index (χ0) is 10.7. The van der Waals surface area contributed by atoms with Crippen molar-refractivity contribution in [1.29, 1.82) is 0 Å². The molecule has 0 aromatic carbocycles. The first-order valence-corrected chi connectivity index (χ1v) is 5.71. The van der Waals surface area contributed by atoms with Gasteiger partial charge in [-0.25, -0.2) is 4.79 Å². The van der Waals surface area contributed by atoms with Gasteiger partial charge in [0.05, 0.1) is 7.11 Å². The highest BCUT2D eigenvalue weighted by Gasteiger charge is 2.24. The van der Waals surface area contributed by atoms with Crippen LogP contribution in [0.2, 0.25) is 0 Å². The molecule has 78 valence electrons. The second-order valence-electron chi connectivity index (χ2n) is 3.06. The Morgan fingerprint density at radius 1 is 1.64 bits per heavy atom. The van der Waals surface area contributed by atoms with E-state index in [0.29, 0.717) is 0 Å². The third kappa shape index (κ3) is 2.56. The number of carbonyl (C=O) groups is 1. The first-order chi connectivity index (χ1) is 6.56. The molecule has 0 aliphatic rings. The molecule has 0 radical (unpaired) electrons. The Balaban J connectivity index is 2.94. The van der Waals surface area contributed by atoms with Crippen LogP contribution in [0.15, 0.2) is 15.9 Å². The van der Waals surface area contributed by atoms with Crippen LogP contribution in [0.4, 0.5) is 0 Å². The average Bonchev–Trinajstić information content (AvgIpc) is 2.51. The van der Waals surface area contributed by atoms with Crippen molar-refractivity contribution in [1.82, 2.24) is 4.90 Å². The van der Waals surface area contributed by atoms with E-state index in [4.69, 9.17) is 4.74 Å². The molecule has 1 aromatic rings. The Hall–Kier alpha value is -0.390. The molecule has 3 nitrogen and oxygen atoms in total. The number of hydrogen-bond donors (Lipinski definition) is 0. The van der Waals surface area contributed by atoms with Gasteiger partial charge in [0.2, 0.25) is 0 Å². The lowest BCUT2D eigenvalue weighted by molar-refractivity contribution is -0.146. The normalized spacial score (nSPS) is 12.9. The van der Waals surface area contributed by atoms with Crippen molar-refractivity contribution in [3.63, 3.8) is 0 Å². The van der Waals surface area contributed by atoms with Gasteiger partial charge in [-0.3, -0.25) is 4.90 Å². The molecule has 1 unspecified atom stereocenters. The maximum absolute atomic E-state index is 11.5. The summed E-state index contributed by atoms with van der Waals surface area (Å²) in [5.41, 5.74) is 0. The van der Waals surface area contributed by atoms with Gasteiger partial charge in [-0.15, -0.1) is 11.3 Å². The van der Waals surface area contributed by atoms with Gasteiger partial charge in [0.15, 0.2) is 0 Å². The summed E-state index contributed by atoms with van der Waals surface area (Å²) in [5, 5.41) is 1.95. The average molecular weight is 278 g/mol. The Morgan fingerprint density at radius 3 is 2.64 bits per heavy atom. The van der Waals surface area contributed by atoms with Crippen LogP contribution in [0.25, 0.3) is 0 Å².